The lowest BCUT2D eigenvalue weighted by molar-refractivity contribution is 0.0961. The van der Waals surface area contributed by atoms with Gasteiger partial charge in [-0.3, -0.25) is 4.68 Å². The van der Waals surface area contributed by atoms with Gasteiger partial charge in [-0.25, -0.2) is 9.97 Å². The Morgan fingerprint density at radius 3 is 2.74 bits per heavy atom. The maximum Gasteiger partial charge on any atom is 0.145 e. The van der Waals surface area contributed by atoms with Gasteiger partial charge in [0.1, 0.15) is 17.8 Å². The molecule has 1 saturated carbocycles. The molecule has 1 aliphatic carbocycles. The molecule has 9 heteroatoms. The van der Waals surface area contributed by atoms with E-state index < -0.39 is 6.10 Å². The van der Waals surface area contributed by atoms with Gasteiger partial charge >= 0.3 is 0 Å². The Morgan fingerprint density at radius 2 is 1.97 bits per heavy atom. The summed E-state index contributed by atoms with van der Waals surface area (Å²) < 4.78 is 4.01. The quantitative estimate of drug-likeness (QED) is 0.248. The topological polar surface area (TPSA) is 96.1 Å². The van der Waals surface area contributed by atoms with Crippen LogP contribution in [0.2, 0.25) is 0 Å². The van der Waals surface area contributed by atoms with Crippen molar-refractivity contribution in [3.05, 3.63) is 66.9 Å². The van der Waals surface area contributed by atoms with Crippen LogP contribution in [-0.2, 0) is 13.5 Å². The molecule has 0 bridgehead atoms. The second-order valence-corrected chi connectivity index (χ2v) is 10.5. The third kappa shape index (κ3) is 5.68. The molecular weight excluding hydrogens is 476 g/mol. The number of hydrogen-bond acceptors (Lipinski definition) is 7. The van der Waals surface area contributed by atoms with Crippen LogP contribution in [0.1, 0.15) is 31.4 Å². The van der Waals surface area contributed by atoms with Crippen LogP contribution < -0.4 is 15.5 Å². The second kappa shape index (κ2) is 12.0. The average Bonchev–Trinajstić information content (AvgIpc) is 3.64. The third-order valence-corrected chi connectivity index (χ3v) is 8.05. The molecule has 0 aliphatic heterocycles. The summed E-state index contributed by atoms with van der Waals surface area (Å²) in [7, 11) is 3.83. The highest BCUT2D eigenvalue weighted by Gasteiger charge is 2.41. The first kappa shape index (κ1) is 26.2. The second-order valence-electron chi connectivity index (χ2n) is 10.5. The van der Waals surface area contributed by atoms with E-state index in [0.717, 1.165) is 68.0 Å². The summed E-state index contributed by atoms with van der Waals surface area (Å²) in [5.41, 5.74) is 3.37. The van der Waals surface area contributed by atoms with E-state index in [1.54, 1.807) is 6.33 Å². The molecular formula is C29H40N8O. The van der Waals surface area contributed by atoms with Crippen LogP contribution >= 0.6 is 0 Å². The van der Waals surface area contributed by atoms with Crippen molar-refractivity contribution in [2.45, 2.75) is 38.3 Å². The fourth-order valence-electron chi connectivity index (χ4n) is 5.83. The lowest BCUT2D eigenvalue weighted by Crippen LogP contribution is -2.34. The number of aromatic nitrogens is 5. The number of benzene rings is 1. The molecule has 3 aromatic heterocycles. The SMILES string of the molecule is CNc1ncnc2c1ccn2C1CC(CN(CCCNCCc2ccccc2)c2cnn(C)c2)[C@@H](C)[C@H]1O. The summed E-state index contributed by atoms with van der Waals surface area (Å²) in [6, 6.07) is 12.6. The number of rotatable bonds is 12. The van der Waals surface area contributed by atoms with Crippen molar-refractivity contribution in [3.63, 3.8) is 0 Å². The molecule has 3 heterocycles. The Kier molecular flexibility index (Phi) is 8.24. The Bertz CT molecular complexity index is 1300. The molecule has 38 heavy (non-hydrogen) atoms. The zero-order valence-electron chi connectivity index (χ0n) is 22.7. The molecule has 2 unspecified atom stereocenters. The normalized spacial score (nSPS) is 21.3. The third-order valence-electron chi connectivity index (χ3n) is 8.05. The largest absolute Gasteiger partial charge is 0.391 e. The smallest absolute Gasteiger partial charge is 0.145 e. The average molecular weight is 517 g/mol. The summed E-state index contributed by atoms with van der Waals surface area (Å²) in [6.07, 6.45) is 10.2. The highest BCUT2D eigenvalue weighted by molar-refractivity contribution is 5.87. The predicted octanol–water partition coefficient (Wildman–Crippen LogP) is 3.49. The van der Waals surface area contributed by atoms with Crippen molar-refractivity contribution >= 4 is 22.5 Å². The van der Waals surface area contributed by atoms with Crippen LogP contribution in [0.15, 0.2) is 61.3 Å². The molecule has 0 amide bonds. The van der Waals surface area contributed by atoms with Crippen LogP contribution in [0.4, 0.5) is 11.5 Å². The minimum Gasteiger partial charge on any atom is -0.391 e. The molecule has 5 rings (SSSR count). The Labute approximate surface area is 224 Å². The molecule has 9 nitrogen and oxygen atoms in total. The summed E-state index contributed by atoms with van der Waals surface area (Å²) >= 11 is 0. The number of anilines is 2. The van der Waals surface area contributed by atoms with Crippen molar-refractivity contribution in [1.82, 2.24) is 29.6 Å². The van der Waals surface area contributed by atoms with Gasteiger partial charge in [-0.2, -0.15) is 5.10 Å². The van der Waals surface area contributed by atoms with Gasteiger partial charge in [-0.05, 0) is 55.8 Å². The van der Waals surface area contributed by atoms with E-state index in [2.05, 4.69) is 78.6 Å². The molecule has 4 atom stereocenters. The van der Waals surface area contributed by atoms with Gasteiger partial charge in [-0.15, -0.1) is 0 Å². The first-order valence-electron chi connectivity index (χ1n) is 13.7. The van der Waals surface area contributed by atoms with Gasteiger partial charge in [0.2, 0.25) is 0 Å². The van der Waals surface area contributed by atoms with Crippen molar-refractivity contribution < 1.29 is 5.11 Å². The van der Waals surface area contributed by atoms with Gasteiger partial charge in [0.05, 0.1) is 29.4 Å². The molecule has 3 N–H and O–H groups in total. The van der Waals surface area contributed by atoms with Crippen molar-refractivity contribution in [1.29, 1.82) is 0 Å². The number of nitrogens with one attached hydrogen (secondary N) is 2. The lowest BCUT2D eigenvalue weighted by Gasteiger charge is -2.28. The molecule has 0 saturated heterocycles. The van der Waals surface area contributed by atoms with Crippen LogP contribution in [0.3, 0.4) is 0 Å². The van der Waals surface area contributed by atoms with E-state index in [1.807, 2.05) is 37.2 Å². The number of aliphatic hydroxyl groups excluding tert-OH is 1. The van der Waals surface area contributed by atoms with Crippen molar-refractivity contribution in [2.75, 3.05) is 43.4 Å². The van der Waals surface area contributed by atoms with E-state index in [4.69, 9.17) is 0 Å². The number of hydrogen-bond donors (Lipinski definition) is 3. The zero-order valence-corrected chi connectivity index (χ0v) is 22.7. The zero-order chi connectivity index (χ0) is 26.5. The van der Waals surface area contributed by atoms with E-state index in [9.17, 15) is 5.11 Å². The summed E-state index contributed by atoms with van der Waals surface area (Å²) in [4.78, 5) is 11.3. The first-order valence-corrected chi connectivity index (χ1v) is 13.7. The predicted molar refractivity (Wildman–Crippen MR) is 152 cm³/mol. The summed E-state index contributed by atoms with van der Waals surface area (Å²) in [5, 5.41) is 23.5. The first-order chi connectivity index (χ1) is 18.5. The summed E-state index contributed by atoms with van der Waals surface area (Å²) in [6.45, 7) is 5.97. The minimum atomic E-state index is -0.431. The fourth-order valence-corrected chi connectivity index (χ4v) is 5.83. The van der Waals surface area contributed by atoms with E-state index >= 15 is 0 Å². The molecule has 1 fully saturated rings. The Hall–Kier alpha value is -3.43. The summed E-state index contributed by atoms with van der Waals surface area (Å²) in [5.74, 6) is 1.33. The van der Waals surface area contributed by atoms with Crippen molar-refractivity contribution in [3.8, 4) is 0 Å². The van der Waals surface area contributed by atoms with Gasteiger partial charge < -0.3 is 25.2 Å². The van der Waals surface area contributed by atoms with Gasteiger partial charge in [0.25, 0.3) is 0 Å². The van der Waals surface area contributed by atoms with Crippen LogP contribution in [0.5, 0.6) is 0 Å². The highest BCUT2D eigenvalue weighted by Crippen LogP contribution is 2.42. The maximum absolute atomic E-state index is 11.3. The molecule has 0 spiro atoms. The van der Waals surface area contributed by atoms with Crippen LogP contribution in [0.25, 0.3) is 11.0 Å². The van der Waals surface area contributed by atoms with Crippen LogP contribution in [-0.4, -0.2) is 68.8 Å². The fraction of sp³-hybridized carbons (Fsp3) is 0.483. The molecule has 202 valence electrons. The Morgan fingerprint density at radius 1 is 1.13 bits per heavy atom. The van der Waals surface area contributed by atoms with Gasteiger partial charge in [-0.1, -0.05) is 37.3 Å². The van der Waals surface area contributed by atoms with E-state index in [0.29, 0.717) is 5.92 Å². The van der Waals surface area contributed by atoms with Gasteiger partial charge in [0, 0.05) is 39.6 Å². The molecule has 4 aromatic rings. The number of nitrogens with zero attached hydrogens (tertiary/aromatic N) is 6. The number of fused-ring (bicyclic) bond motifs is 1. The minimum absolute atomic E-state index is 0.0116. The van der Waals surface area contributed by atoms with E-state index in [-0.39, 0.29) is 12.0 Å². The Balaban J connectivity index is 1.22. The molecule has 1 aliphatic rings. The van der Waals surface area contributed by atoms with E-state index in [1.165, 1.54) is 5.56 Å². The molecule has 0 radical (unpaired) electrons. The highest BCUT2D eigenvalue weighted by atomic mass is 16.3. The van der Waals surface area contributed by atoms with Crippen LogP contribution in [0, 0.1) is 11.8 Å². The van der Waals surface area contributed by atoms with Gasteiger partial charge in [0.15, 0.2) is 0 Å². The number of aryl methyl sites for hydroxylation is 1. The lowest BCUT2D eigenvalue weighted by atomic mass is 9.96. The molecule has 1 aromatic carbocycles. The monoisotopic (exact) mass is 516 g/mol. The van der Waals surface area contributed by atoms with Crippen molar-refractivity contribution in [2.24, 2.45) is 18.9 Å². The maximum atomic E-state index is 11.3. The standard InChI is InChI=1S/C29H40N8O/c1-21-23(16-26(27(21)38)37-15-11-25-28(30-2)32-20-33-29(25)37)18-36(24-17-34-35(3)19-24)14-7-12-31-13-10-22-8-5-4-6-9-22/h4-6,8-9,11,15,17,19-21,23,26-27,31,38H,7,10,12-14,16,18H2,1-3H3,(H,30,32,33)/t21-,23?,26?,27-/m1/s1. The number of aliphatic hydroxyl groups is 1.